The molecule has 0 atom stereocenters. The fourth-order valence-corrected chi connectivity index (χ4v) is 2.09. The van der Waals surface area contributed by atoms with E-state index in [2.05, 4.69) is 18.8 Å². The van der Waals surface area contributed by atoms with Gasteiger partial charge in [0.1, 0.15) is 5.82 Å². The summed E-state index contributed by atoms with van der Waals surface area (Å²) in [6, 6.07) is 7.89. The number of hydrogen-bond donors (Lipinski definition) is 0. The third-order valence-corrected chi connectivity index (χ3v) is 3.36. The molecule has 1 heterocycles. The minimum atomic E-state index is 0.121. The average molecular weight is 256 g/mol. The highest BCUT2D eigenvalue weighted by atomic mass is 16.1. The second kappa shape index (κ2) is 5.83. The summed E-state index contributed by atoms with van der Waals surface area (Å²) in [7, 11) is 0. The molecular formula is C16H20N2O. The number of carbonyl (C=O) groups excluding carboxylic acids is 1. The second-order valence-electron chi connectivity index (χ2n) is 5.01. The summed E-state index contributed by atoms with van der Waals surface area (Å²) in [4.78, 5) is 16.4. The van der Waals surface area contributed by atoms with Crippen LogP contribution in [0.4, 0.5) is 0 Å². The molecule has 0 amide bonds. The molecule has 0 saturated heterocycles. The van der Waals surface area contributed by atoms with E-state index in [-0.39, 0.29) is 5.78 Å². The van der Waals surface area contributed by atoms with E-state index < -0.39 is 0 Å². The van der Waals surface area contributed by atoms with E-state index in [1.807, 2.05) is 42.0 Å². The largest absolute Gasteiger partial charge is 0.335 e. The van der Waals surface area contributed by atoms with Crippen molar-refractivity contribution in [2.24, 2.45) is 0 Å². The highest BCUT2D eigenvalue weighted by molar-refractivity contribution is 5.97. The zero-order valence-electron chi connectivity index (χ0n) is 11.8. The number of nitrogens with zero attached hydrogens (tertiary/aromatic N) is 2. The monoisotopic (exact) mass is 256 g/mol. The van der Waals surface area contributed by atoms with Gasteiger partial charge in [0.2, 0.25) is 0 Å². The fourth-order valence-electron chi connectivity index (χ4n) is 2.09. The molecule has 0 aliphatic carbocycles. The molecule has 100 valence electrons. The van der Waals surface area contributed by atoms with Crippen LogP contribution >= 0.6 is 0 Å². The SMILES string of the molecule is CCn1ccnc1CC(=O)c1ccc(C(C)C)cc1. The summed E-state index contributed by atoms with van der Waals surface area (Å²) >= 11 is 0. The van der Waals surface area contributed by atoms with Gasteiger partial charge in [-0.2, -0.15) is 0 Å². The summed E-state index contributed by atoms with van der Waals surface area (Å²) in [5, 5.41) is 0. The Bertz CT molecular complexity index is 552. The number of benzene rings is 1. The van der Waals surface area contributed by atoms with Gasteiger partial charge in [-0.3, -0.25) is 4.79 Å². The average Bonchev–Trinajstić information content (AvgIpc) is 2.86. The third-order valence-electron chi connectivity index (χ3n) is 3.36. The molecular weight excluding hydrogens is 236 g/mol. The van der Waals surface area contributed by atoms with Crippen LogP contribution in [0.1, 0.15) is 48.4 Å². The number of ketones is 1. The number of aryl methyl sites for hydroxylation is 1. The fraction of sp³-hybridized carbons (Fsp3) is 0.375. The topological polar surface area (TPSA) is 34.9 Å². The van der Waals surface area contributed by atoms with Gasteiger partial charge in [0.25, 0.3) is 0 Å². The summed E-state index contributed by atoms with van der Waals surface area (Å²) < 4.78 is 2.00. The highest BCUT2D eigenvalue weighted by Gasteiger charge is 2.11. The van der Waals surface area contributed by atoms with Gasteiger partial charge in [-0.15, -0.1) is 0 Å². The van der Waals surface area contributed by atoms with Crippen molar-refractivity contribution in [3.8, 4) is 0 Å². The summed E-state index contributed by atoms with van der Waals surface area (Å²) in [5.41, 5.74) is 2.02. The highest BCUT2D eigenvalue weighted by Crippen LogP contribution is 2.15. The lowest BCUT2D eigenvalue weighted by Crippen LogP contribution is -2.09. The molecule has 19 heavy (non-hydrogen) atoms. The minimum Gasteiger partial charge on any atom is -0.335 e. The first-order valence-corrected chi connectivity index (χ1v) is 6.75. The van der Waals surface area contributed by atoms with Crippen LogP contribution in [0.3, 0.4) is 0 Å². The molecule has 0 radical (unpaired) electrons. The Morgan fingerprint density at radius 2 is 1.95 bits per heavy atom. The quantitative estimate of drug-likeness (QED) is 0.768. The Balaban J connectivity index is 2.12. The number of aromatic nitrogens is 2. The maximum absolute atomic E-state index is 12.2. The van der Waals surface area contributed by atoms with Crippen molar-refractivity contribution < 1.29 is 4.79 Å². The normalized spacial score (nSPS) is 10.9. The molecule has 1 aromatic heterocycles. The molecule has 0 spiro atoms. The Morgan fingerprint density at radius 1 is 1.26 bits per heavy atom. The van der Waals surface area contributed by atoms with Gasteiger partial charge >= 0.3 is 0 Å². The first-order valence-electron chi connectivity index (χ1n) is 6.75. The molecule has 2 rings (SSSR count). The van der Waals surface area contributed by atoms with Crippen molar-refractivity contribution in [2.75, 3.05) is 0 Å². The van der Waals surface area contributed by atoms with Gasteiger partial charge in [-0.1, -0.05) is 38.1 Å². The van der Waals surface area contributed by atoms with E-state index in [0.717, 1.165) is 17.9 Å². The summed E-state index contributed by atoms with van der Waals surface area (Å²) in [6.45, 7) is 7.19. The predicted octanol–water partition coefficient (Wildman–Crippen LogP) is 3.45. The lowest BCUT2D eigenvalue weighted by molar-refractivity contribution is 0.0989. The van der Waals surface area contributed by atoms with Crippen LogP contribution in [0, 0.1) is 0 Å². The van der Waals surface area contributed by atoms with Crippen LogP contribution in [0.5, 0.6) is 0 Å². The summed E-state index contributed by atoms with van der Waals surface area (Å²) in [6.07, 6.45) is 4.01. The molecule has 0 fully saturated rings. The molecule has 1 aromatic carbocycles. The number of rotatable bonds is 5. The number of imidazole rings is 1. The number of carbonyl (C=O) groups is 1. The van der Waals surface area contributed by atoms with Gasteiger partial charge in [-0.25, -0.2) is 4.98 Å². The number of Topliss-reactive ketones (excluding diaryl/α,β-unsaturated/α-hetero) is 1. The molecule has 0 N–H and O–H groups in total. The minimum absolute atomic E-state index is 0.121. The molecule has 0 bridgehead atoms. The molecule has 3 nitrogen and oxygen atoms in total. The second-order valence-corrected chi connectivity index (χ2v) is 5.01. The maximum atomic E-state index is 12.2. The van der Waals surface area contributed by atoms with Gasteiger partial charge in [-0.05, 0) is 18.4 Å². The van der Waals surface area contributed by atoms with Crippen LogP contribution in [-0.4, -0.2) is 15.3 Å². The van der Waals surface area contributed by atoms with Gasteiger partial charge in [0.05, 0.1) is 6.42 Å². The molecule has 0 unspecified atom stereocenters. The van der Waals surface area contributed by atoms with Crippen molar-refractivity contribution in [3.05, 3.63) is 53.6 Å². The zero-order chi connectivity index (χ0) is 13.8. The van der Waals surface area contributed by atoms with Crippen LogP contribution in [0.25, 0.3) is 0 Å². The zero-order valence-corrected chi connectivity index (χ0v) is 11.8. The van der Waals surface area contributed by atoms with E-state index in [9.17, 15) is 4.79 Å². The molecule has 2 aromatic rings. The molecule has 0 saturated carbocycles. The standard InChI is InChI=1S/C16H20N2O/c1-4-18-10-9-17-16(18)11-15(19)14-7-5-13(6-8-14)12(2)3/h5-10,12H,4,11H2,1-3H3. The number of hydrogen-bond acceptors (Lipinski definition) is 2. The summed E-state index contributed by atoms with van der Waals surface area (Å²) in [5.74, 6) is 1.44. The van der Waals surface area contributed by atoms with E-state index in [1.54, 1.807) is 6.20 Å². The Hall–Kier alpha value is -1.90. The first-order chi connectivity index (χ1) is 9.11. The van der Waals surface area contributed by atoms with Crippen LogP contribution in [0.2, 0.25) is 0 Å². The Kier molecular flexibility index (Phi) is 4.15. The van der Waals surface area contributed by atoms with Crippen LogP contribution < -0.4 is 0 Å². The van der Waals surface area contributed by atoms with Crippen molar-refractivity contribution in [1.82, 2.24) is 9.55 Å². The van der Waals surface area contributed by atoms with Gasteiger partial charge in [0.15, 0.2) is 5.78 Å². The Morgan fingerprint density at radius 3 is 2.53 bits per heavy atom. The van der Waals surface area contributed by atoms with Crippen molar-refractivity contribution in [1.29, 1.82) is 0 Å². The molecule has 3 heteroatoms. The lowest BCUT2D eigenvalue weighted by atomic mass is 10.00. The van der Waals surface area contributed by atoms with E-state index in [0.29, 0.717) is 12.3 Å². The van der Waals surface area contributed by atoms with Crippen molar-refractivity contribution in [2.45, 2.75) is 39.7 Å². The Labute approximate surface area is 114 Å². The predicted molar refractivity (Wildman–Crippen MR) is 76.5 cm³/mol. The van der Waals surface area contributed by atoms with E-state index >= 15 is 0 Å². The molecule has 0 aliphatic heterocycles. The van der Waals surface area contributed by atoms with E-state index in [4.69, 9.17) is 0 Å². The van der Waals surface area contributed by atoms with Gasteiger partial charge < -0.3 is 4.57 Å². The van der Waals surface area contributed by atoms with Gasteiger partial charge in [0, 0.05) is 24.5 Å². The third kappa shape index (κ3) is 3.11. The first kappa shape index (κ1) is 13.5. The maximum Gasteiger partial charge on any atom is 0.170 e. The smallest absolute Gasteiger partial charge is 0.170 e. The lowest BCUT2D eigenvalue weighted by Gasteiger charge is -2.07. The van der Waals surface area contributed by atoms with Crippen molar-refractivity contribution in [3.63, 3.8) is 0 Å². The van der Waals surface area contributed by atoms with E-state index in [1.165, 1.54) is 5.56 Å². The van der Waals surface area contributed by atoms with Crippen LogP contribution in [0.15, 0.2) is 36.7 Å². The van der Waals surface area contributed by atoms with Crippen molar-refractivity contribution >= 4 is 5.78 Å². The van der Waals surface area contributed by atoms with Crippen LogP contribution in [-0.2, 0) is 13.0 Å². The molecule has 0 aliphatic rings.